The van der Waals surface area contributed by atoms with Gasteiger partial charge in [-0.15, -0.1) is 0 Å². The molecule has 84 valence electrons. The Morgan fingerprint density at radius 1 is 1.21 bits per heavy atom. The second-order valence-corrected chi connectivity index (χ2v) is 9.17. The maximum atomic E-state index is 5.90. The van der Waals surface area contributed by atoms with Crippen molar-refractivity contribution in [2.75, 3.05) is 7.11 Å². The van der Waals surface area contributed by atoms with Crippen molar-refractivity contribution >= 4 is 8.32 Å². The summed E-state index contributed by atoms with van der Waals surface area (Å²) in [7, 11) is 0.139. The first kappa shape index (κ1) is 13.6. The van der Waals surface area contributed by atoms with Crippen molar-refractivity contribution in [2.24, 2.45) is 5.92 Å². The van der Waals surface area contributed by atoms with Crippen LogP contribution < -0.4 is 0 Å². The molecular weight excluding hydrogens is 192 g/mol. The van der Waals surface area contributed by atoms with Crippen molar-refractivity contribution in [3.8, 4) is 0 Å². The van der Waals surface area contributed by atoms with Crippen molar-refractivity contribution < 1.29 is 9.16 Å². The Morgan fingerprint density at radius 2 is 1.71 bits per heavy atom. The van der Waals surface area contributed by atoms with E-state index in [4.69, 9.17) is 9.16 Å². The Hall–Kier alpha value is -0.443. The van der Waals surface area contributed by atoms with Gasteiger partial charge in [0.1, 0.15) is 0 Å². The molecule has 0 aromatic rings. The summed E-state index contributed by atoms with van der Waals surface area (Å²) in [6, 6.07) is 0. The Morgan fingerprint density at radius 3 is 1.93 bits per heavy atom. The quantitative estimate of drug-likeness (QED) is 0.514. The van der Waals surface area contributed by atoms with E-state index in [9.17, 15) is 0 Å². The van der Waals surface area contributed by atoms with E-state index < -0.39 is 8.32 Å². The van der Waals surface area contributed by atoms with Crippen molar-refractivity contribution in [3.63, 3.8) is 0 Å². The van der Waals surface area contributed by atoms with Crippen LogP contribution in [0.1, 0.15) is 27.2 Å². The van der Waals surface area contributed by atoms with Gasteiger partial charge in [-0.2, -0.15) is 0 Å². The molecule has 0 heterocycles. The summed E-state index contributed by atoms with van der Waals surface area (Å²) in [5, 5.41) is 0. The zero-order chi connectivity index (χ0) is 11.4. The van der Waals surface area contributed by atoms with E-state index in [-0.39, 0.29) is 0 Å². The number of hydrogen-bond donors (Lipinski definition) is 0. The smallest absolute Gasteiger partial charge is 0.264 e. The maximum Gasteiger partial charge on any atom is 0.264 e. The molecular formula is C11H24O2Si. The van der Waals surface area contributed by atoms with Gasteiger partial charge in [-0.05, 0) is 32.0 Å². The lowest BCUT2D eigenvalue weighted by Crippen LogP contribution is -2.26. The van der Waals surface area contributed by atoms with Crippen molar-refractivity contribution in [3.05, 3.63) is 11.5 Å². The first-order chi connectivity index (χ1) is 6.31. The average Bonchev–Trinajstić information content (AvgIpc) is 2.00. The predicted octanol–water partition coefficient (Wildman–Crippen LogP) is 3.76. The van der Waals surface area contributed by atoms with Crippen LogP contribution in [0, 0.1) is 5.92 Å². The number of allylic oxidation sites excluding steroid dienone is 1. The van der Waals surface area contributed by atoms with Crippen LogP contribution in [0.4, 0.5) is 0 Å². The lowest BCUT2D eigenvalue weighted by Gasteiger charge is -2.24. The number of methoxy groups -OCH3 is 1. The highest BCUT2D eigenvalue weighted by atomic mass is 28.4. The van der Waals surface area contributed by atoms with Gasteiger partial charge in [0.2, 0.25) is 8.32 Å². The molecule has 0 N–H and O–H groups in total. The third-order valence-electron chi connectivity index (χ3n) is 1.92. The van der Waals surface area contributed by atoms with Crippen molar-refractivity contribution in [1.29, 1.82) is 0 Å². The van der Waals surface area contributed by atoms with Gasteiger partial charge >= 0.3 is 0 Å². The summed E-state index contributed by atoms with van der Waals surface area (Å²) in [6.45, 7) is 13.0. The van der Waals surface area contributed by atoms with Crippen LogP contribution in [-0.4, -0.2) is 15.4 Å². The van der Waals surface area contributed by atoms with Gasteiger partial charge in [0.25, 0.3) is 5.95 Å². The predicted molar refractivity (Wildman–Crippen MR) is 63.6 cm³/mol. The zero-order valence-corrected chi connectivity index (χ0v) is 11.6. The molecule has 14 heavy (non-hydrogen) atoms. The Balaban J connectivity index is 4.81. The van der Waals surface area contributed by atoms with Crippen LogP contribution in [0.25, 0.3) is 0 Å². The second-order valence-electron chi connectivity index (χ2n) is 4.74. The summed E-state index contributed by atoms with van der Waals surface area (Å²) in [5.41, 5.74) is 1.27. The van der Waals surface area contributed by atoms with Crippen LogP contribution in [0.15, 0.2) is 11.5 Å². The zero-order valence-electron chi connectivity index (χ0n) is 10.6. The number of rotatable bonds is 5. The molecule has 0 aliphatic heterocycles. The molecule has 2 nitrogen and oxygen atoms in total. The summed E-state index contributed by atoms with van der Waals surface area (Å²) in [6.07, 6.45) is 0.991. The van der Waals surface area contributed by atoms with Gasteiger partial charge in [-0.1, -0.05) is 20.8 Å². The third kappa shape index (κ3) is 4.70. The summed E-state index contributed by atoms with van der Waals surface area (Å²) >= 11 is 0. The van der Waals surface area contributed by atoms with E-state index >= 15 is 0 Å². The Bertz CT molecular complexity index is 202. The van der Waals surface area contributed by atoms with E-state index in [1.54, 1.807) is 7.11 Å². The van der Waals surface area contributed by atoms with Crippen molar-refractivity contribution in [1.82, 2.24) is 0 Å². The molecule has 0 aromatic heterocycles. The molecule has 0 atom stereocenters. The number of hydrogen-bond acceptors (Lipinski definition) is 2. The lowest BCUT2D eigenvalue weighted by molar-refractivity contribution is 0.137. The van der Waals surface area contributed by atoms with Gasteiger partial charge in [0.15, 0.2) is 0 Å². The molecule has 0 rings (SSSR count). The fraction of sp³-hybridized carbons (Fsp3) is 0.818. The second kappa shape index (κ2) is 5.44. The van der Waals surface area contributed by atoms with Crippen LogP contribution >= 0.6 is 0 Å². The molecule has 0 aromatic carbocycles. The lowest BCUT2D eigenvalue weighted by atomic mass is 10.0. The van der Waals surface area contributed by atoms with Crippen LogP contribution in [0.3, 0.4) is 0 Å². The van der Waals surface area contributed by atoms with Gasteiger partial charge in [0, 0.05) is 5.57 Å². The normalized spacial score (nSPS) is 14.0. The molecule has 0 radical (unpaired) electrons. The molecule has 0 saturated heterocycles. The summed E-state index contributed by atoms with van der Waals surface area (Å²) in [5.74, 6) is 1.24. The molecule has 0 aliphatic carbocycles. The van der Waals surface area contributed by atoms with E-state index in [0.717, 1.165) is 12.4 Å². The monoisotopic (exact) mass is 216 g/mol. The Kier molecular flexibility index (Phi) is 5.27. The minimum atomic E-state index is -1.55. The highest BCUT2D eigenvalue weighted by molar-refractivity contribution is 6.70. The molecule has 3 heteroatoms. The molecule has 0 spiro atoms. The topological polar surface area (TPSA) is 18.5 Å². The molecule has 0 unspecified atom stereocenters. The average molecular weight is 216 g/mol. The number of ether oxygens (including phenoxy) is 1. The summed E-state index contributed by atoms with van der Waals surface area (Å²) in [4.78, 5) is 0. The summed E-state index contributed by atoms with van der Waals surface area (Å²) < 4.78 is 11.2. The van der Waals surface area contributed by atoms with E-state index in [1.165, 1.54) is 5.57 Å². The van der Waals surface area contributed by atoms with Gasteiger partial charge in [-0.3, -0.25) is 0 Å². The van der Waals surface area contributed by atoms with Crippen LogP contribution in [0.5, 0.6) is 0 Å². The maximum absolute atomic E-state index is 5.90. The SMILES string of the molecule is CC/C(=C(\OC)O[Si](C)(C)C)C(C)C. The standard InChI is InChI=1S/C11H24O2Si/c1-8-10(9(2)3)11(12-4)13-14(5,6)7/h9H,8H2,1-7H3/b11-10-. The van der Waals surface area contributed by atoms with Gasteiger partial charge < -0.3 is 9.16 Å². The van der Waals surface area contributed by atoms with Crippen molar-refractivity contribution in [2.45, 2.75) is 46.8 Å². The van der Waals surface area contributed by atoms with Crippen LogP contribution in [0.2, 0.25) is 19.6 Å². The molecule has 0 aliphatic rings. The first-order valence-corrected chi connectivity index (χ1v) is 8.68. The molecule has 0 amide bonds. The largest absolute Gasteiger partial charge is 0.520 e. The Labute approximate surface area is 89.4 Å². The minimum Gasteiger partial charge on any atom is -0.520 e. The fourth-order valence-electron chi connectivity index (χ4n) is 1.30. The van der Waals surface area contributed by atoms with Gasteiger partial charge in [0.05, 0.1) is 7.11 Å². The van der Waals surface area contributed by atoms with Gasteiger partial charge in [-0.25, -0.2) is 0 Å². The van der Waals surface area contributed by atoms with E-state index in [0.29, 0.717) is 5.92 Å². The third-order valence-corrected chi connectivity index (χ3v) is 2.72. The highest BCUT2D eigenvalue weighted by Crippen LogP contribution is 2.22. The fourth-order valence-corrected chi connectivity index (χ4v) is 2.08. The molecule has 0 fully saturated rings. The molecule has 0 bridgehead atoms. The van der Waals surface area contributed by atoms with E-state index in [2.05, 4.69) is 40.4 Å². The van der Waals surface area contributed by atoms with Crippen LogP contribution in [-0.2, 0) is 9.16 Å². The first-order valence-electron chi connectivity index (χ1n) is 5.27. The molecule has 0 saturated carbocycles. The van der Waals surface area contributed by atoms with E-state index in [1.807, 2.05) is 0 Å². The highest BCUT2D eigenvalue weighted by Gasteiger charge is 2.21. The minimum absolute atomic E-state index is 0.492.